The van der Waals surface area contributed by atoms with Gasteiger partial charge in [-0.1, -0.05) is 24.6 Å². The van der Waals surface area contributed by atoms with E-state index < -0.39 is 12.0 Å². The molecule has 1 rings (SSSR count). The number of rotatable bonds is 6. The van der Waals surface area contributed by atoms with Crippen LogP contribution in [0.3, 0.4) is 0 Å². The van der Waals surface area contributed by atoms with Gasteiger partial charge in [-0.15, -0.1) is 0 Å². The SMILES string of the molecule is CCC(Oc1ccc(CNC)cc1Cl)C(N)=O. The van der Waals surface area contributed by atoms with Crippen LogP contribution < -0.4 is 15.8 Å². The van der Waals surface area contributed by atoms with Crippen molar-refractivity contribution >= 4 is 17.5 Å². The lowest BCUT2D eigenvalue weighted by atomic mass is 10.2. The maximum absolute atomic E-state index is 11.1. The molecule has 5 heteroatoms. The zero-order chi connectivity index (χ0) is 12.8. The lowest BCUT2D eigenvalue weighted by Crippen LogP contribution is -2.33. The van der Waals surface area contributed by atoms with Gasteiger partial charge >= 0.3 is 0 Å². The van der Waals surface area contributed by atoms with E-state index in [9.17, 15) is 4.79 Å². The van der Waals surface area contributed by atoms with E-state index in [-0.39, 0.29) is 0 Å². The third-order valence-corrected chi connectivity index (χ3v) is 2.63. The van der Waals surface area contributed by atoms with Crippen LogP contribution in [0.1, 0.15) is 18.9 Å². The zero-order valence-electron chi connectivity index (χ0n) is 10.00. The Kier molecular flexibility index (Phi) is 5.25. The van der Waals surface area contributed by atoms with Crippen molar-refractivity contribution in [3.05, 3.63) is 28.8 Å². The van der Waals surface area contributed by atoms with Crippen molar-refractivity contribution in [1.29, 1.82) is 0 Å². The van der Waals surface area contributed by atoms with Gasteiger partial charge in [0.25, 0.3) is 5.91 Å². The molecule has 0 spiro atoms. The lowest BCUT2D eigenvalue weighted by Gasteiger charge is -2.15. The van der Waals surface area contributed by atoms with Crippen LogP contribution in [0.5, 0.6) is 5.75 Å². The van der Waals surface area contributed by atoms with Crippen LogP contribution in [-0.4, -0.2) is 19.1 Å². The van der Waals surface area contributed by atoms with Crippen LogP contribution in [0.2, 0.25) is 5.02 Å². The van der Waals surface area contributed by atoms with Gasteiger partial charge in [0.2, 0.25) is 0 Å². The van der Waals surface area contributed by atoms with Gasteiger partial charge in [0.1, 0.15) is 5.75 Å². The summed E-state index contributed by atoms with van der Waals surface area (Å²) in [6, 6.07) is 5.45. The van der Waals surface area contributed by atoms with Crippen molar-refractivity contribution in [3.63, 3.8) is 0 Å². The summed E-state index contributed by atoms with van der Waals surface area (Å²) < 4.78 is 5.46. The predicted molar refractivity (Wildman–Crippen MR) is 68.1 cm³/mol. The minimum Gasteiger partial charge on any atom is -0.479 e. The molecule has 3 N–H and O–H groups in total. The van der Waals surface area contributed by atoms with Crippen molar-refractivity contribution in [2.45, 2.75) is 26.0 Å². The van der Waals surface area contributed by atoms with Gasteiger partial charge in [-0.05, 0) is 31.2 Å². The van der Waals surface area contributed by atoms with E-state index in [0.29, 0.717) is 17.2 Å². The number of halogens is 1. The highest BCUT2D eigenvalue weighted by Crippen LogP contribution is 2.26. The summed E-state index contributed by atoms with van der Waals surface area (Å²) in [4.78, 5) is 11.1. The number of ether oxygens (including phenoxy) is 1. The average molecular weight is 257 g/mol. The molecule has 0 saturated carbocycles. The largest absolute Gasteiger partial charge is 0.479 e. The topological polar surface area (TPSA) is 64.3 Å². The Bertz CT molecular complexity index is 396. The summed E-state index contributed by atoms with van der Waals surface area (Å²) >= 11 is 6.07. The van der Waals surface area contributed by atoms with E-state index in [4.69, 9.17) is 22.1 Å². The second kappa shape index (κ2) is 6.47. The van der Waals surface area contributed by atoms with Crippen molar-refractivity contribution in [3.8, 4) is 5.75 Å². The Hall–Kier alpha value is -1.26. The van der Waals surface area contributed by atoms with Crippen LogP contribution in [0.15, 0.2) is 18.2 Å². The fraction of sp³-hybridized carbons (Fsp3) is 0.417. The highest BCUT2D eigenvalue weighted by atomic mass is 35.5. The molecule has 0 saturated heterocycles. The minimum absolute atomic E-state index is 0.483. The molecule has 0 aliphatic heterocycles. The first-order valence-corrected chi connectivity index (χ1v) is 5.85. The summed E-state index contributed by atoms with van der Waals surface area (Å²) in [5.41, 5.74) is 6.26. The number of amides is 1. The molecular formula is C12H17ClN2O2. The van der Waals surface area contributed by atoms with Crippen molar-refractivity contribution < 1.29 is 9.53 Å². The number of nitrogens with two attached hydrogens (primary N) is 1. The van der Waals surface area contributed by atoms with Crippen LogP contribution in [0.4, 0.5) is 0 Å². The van der Waals surface area contributed by atoms with Gasteiger partial charge < -0.3 is 15.8 Å². The predicted octanol–water partition coefficient (Wildman–Crippen LogP) is 1.70. The Morgan fingerprint density at radius 3 is 2.76 bits per heavy atom. The maximum atomic E-state index is 11.1. The molecule has 1 atom stereocenters. The molecule has 0 aliphatic rings. The van der Waals surface area contributed by atoms with E-state index in [1.54, 1.807) is 12.1 Å². The van der Waals surface area contributed by atoms with Crippen LogP contribution in [-0.2, 0) is 11.3 Å². The molecule has 0 aliphatic carbocycles. The van der Waals surface area contributed by atoms with E-state index in [0.717, 1.165) is 12.1 Å². The molecule has 1 unspecified atom stereocenters. The standard InChI is InChI=1S/C12H17ClN2O2/c1-3-10(12(14)16)17-11-5-4-8(7-15-2)6-9(11)13/h4-6,10,15H,3,7H2,1-2H3,(H2,14,16). The average Bonchev–Trinajstić information content (AvgIpc) is 2.28. The molecule has 0 bridgehead atoms. The van der Waals surface area contributed by atoms with Gasteiger partial charge in [-0.3, -0.25) is 4.79 Å². The van der Waals surface area contributed by atoms with Gasteiger partial charge in [0.15, 0.2) is 6.10 Å². The van der Waals surface area contributed by atoms with Crippen molar-refractivity contribution in [2.75, 3.05) is 7.05 Å². The monoisotopic (exact) mass is 256 g/mol. The summed E-state index contributed by atoms with van der Waals surface area (Å²) in [6.07, 6.45) is -0.119. The lowest BCUT2D eigenvalue weighted by molar-refractivity contribution is -0.124. The summed E-state index contributed by atoms with van der Waals surface area (Å²) in [6.45, 7) is 2.56. The highest BCUT2D eigenvalue weighted by Gasteiger charge is 2.16. The number of hydrogen-bond donors (Lipinski definition) is 2. The molecule has 0 aromatic heterocycles. The fourth-order valence-electron chi connectivity index (χ4n) is 1.45. The Balaban J connectivity index is 2.81. The summed E-state index contributed by atoms with van der Waals surface area (Å²) in [5.74, 6) is 0.0000350. The Morgan fingerprint density at radius 2 is 2.29 bits per heavy atom. The number of carbonyl (C=O) groups is 1. The maximum Gasteiger partial charge on any atom is 0.258 e. The van der Waals surface area contributed by atoms with Gasteiger partial charge in [-0.25, -0.2) is 0 Å². The first kappa shape index (κ1) is 13.8. The smallest absolute Gasteiger partial charge is 0.258 e. The second-order valence-electron chi connectivity index (χ2n) is 3.71. The van der Waals surface area contributed by atoms with Crippen molar-refractivity contribution in [2.24, 2.45) is 5.73 Å². The van der Waals surface area contributed by atoms with E-state index in [1.807, 2.05) is 20.0 Å². The molecule has 0 fully saturated rings. The zero-order valence-corrected chi connectivity index (χ0v) is 10.8. The number of carbonyl (C=O) groups excluding carboxylic acids is 1. The third-order valence-electron chi connectivity index (χ3n) is 2.33. The first-order chi connectivity index (χ1) is 8.08. The molecule has 1 aromatic rings. The first-order valence-electron chi connectivity index (χ1n) is 5.47. The molecule has 1 amide bonds. The minimum atomic E-state index is -0.636. The molecule has 17 heavy (non-hydrogen) atoms. The van der Waals surface area contributed by atoms with E-state index >= 15 is 0 Å². The van der Waals surface area contributed by atoms with Crippen molar-refractivity contribution in [1.82, 2.24) is 5.32 Å². The highest BCUT2D eigenvalue weighted by molar-refractivity contribution is 6.32. The molecule has 0 radical (unpaired) electrons. The third kappa shape index (κ3) is 3.91. The van der Waals surface area contributed by atoms with E-state index in [2.05, 4.69) is 5.32 Å². The number of nitrogens with one attached hydrogen (secondary N) is 1. The van der Waals surface area contributed by atoms with Gasteiger partial charge in [0, 0.05) is 6.54 Å². The molecule has 1 aromatic carbocycles. The van der Waals surface area contributed by atoms with Crippen LogP contribution in [0, 0.1) is 0 Å². The quantitative estimate of drug-likeness (QED) is 0.814. The van der Waals surface area contributed by atoms with Crippen LogP contribution in [0.25, 0.3) is 0 Å². The molecule has 4 nitrogen and oxygen atoms in total. The number of hydrogen-bond acceptors (Lipinski definition) is 3. The number of primary amides is 1. The number of benzene rings is 1. The van der Waals surface area contributed by atoms with Crippen LogP contribution >= 0.6 is 11.6 Å². The molecular weight excluding hydrogens is 240 g/mol. The fourth-order valence-corrected chi connectivity index (χ4v) is 1.70. The normalized spacial score (nSPS) is 12.2. The van der Waals surface area contributed by atoms with Gasteiger partial charge in [0.05, 0.1) is 5.02 Å². The summed E-state index contributed by atoms with van der Waals surface area (Å²) in [7, 11) is 1.86. The Labute approximate surface area is 106 Å². The molecule has 94 valence electrons. The van der Waals surface area contributed by atoms with Gasteiger partial charge in [-0.2, -0.15) is 0 Å². The summed E-state index contributed by atoms with van der Waals surface area (Å²) in [5, 5.41) is 3.51. The van der Waals surface area contributed by atoms with E-state index in [1.165, 1.54) is 0 Å². The Morgan fingerprint density at radius 1 is 1.59 bits per heavy atom. The molecule has 0 heterocycles. The second-order valence-corrected chi connectivity index (χ2v) is 4.12.